The molecule has 1 saturated carbocycles. The maximum atomic E-state index is 12.7. The second-order valence-corrected chi connectivity index (χ2v) is 11.9. The summed E-state index contributed by atoms with van der Waals surface area (Å²) < 4.78 is 23.0. The fraction of sp³-hybridized carbons (Fsp3) is 0.333. The van der Waals surface area contributed by atoms with Crippen molar-refractivity contribution in [2.24, 2.45) is 11.8 Å². The van der Waals surface area contributed by atoms with E-state index in [0.717, 1.165) is 11.1 Å². The average Bonchev–Trinajstić information content (AvgIpc) is 3.18. The zero-order chi connectivity index (χ0) is 25.5. The van der Waals surface area contributed by atoms with Crippen molar-refractivity contribution in [1.82, 2.24) is 0 Å². The van der Waals surface area contributed by atoms with Crippen molar-refractivity contribution in [3.8, 4) is 5.75 Å². The van der Waals surface area contributed by atoms with Crippen molar-refractivity contribution in [2.45, 2.75) is 53.3 Å². The first-order chi connectivity index (χ1) is 18.0. The van der Waals surface area contributed by atoms with Gasteiger partial charge < -0.3 is 18.9 Å². The Morgan fingerprint density at radius 3 is 2.19 bits per heavy atom. The summed E-state index contributed by atoms with van der Waals surface area (Å²) in [5.74, 6) is -0.170. The van der Waals surface area contributed by atoms with Crippen LogP contribution in [-0.4, -0.2) is 43.5 Å². The fourth-order valence-corrected chi connectivity index (χ4v) is 8.00. The molecule has 1 aliphatic carbocycles. The van der Waals surface area contributed by atoms with Crippen molar-refractivity contribution in [1.29, 1.82) is 0 Å². The van der Waals surface area contributed by atoms with Crippen LogP contribution in [0.25, 0.3) is 0 Å². The van der Waals surface area contributed by atoms with Gasteiger partial charge in [-0.3, -0.25) is 4.79 Å². The second-order valence-electron chi connectivity index (χ2n) is 9.84. The molecule has 0 aromatic heterocycles. The molecule has 0 N–H and O–H groups in total. The van der Waals surface area contributed by atoms with Crippen LogP contribution in [-0.2, 0) is 34.7 Å². The van der Waals surface area contributed by atoms with Gasteiger partial charge in [0.15, 0.2) is 27.4 Å². The molecule has 37 heavy (non-hydrogen) atoms. The minimum atomic E-state index is -0.569. The normalized spacial score (nSPS) is 25.7. The predicted molar refractivity (Wildman–Crippen MR) is 138 cm³/mol. The zero-order valence-corrected chi connectivity index (χ0v) is 21.6. The third kappa shape index (κ3) is 4.51. The third-order valence-corrected chi connectivity index (χ3v) is 9.60. The minimum absolute atomic E-state index is 0.0312. The number of benzene rings is 3. The smallest absolute Gasteiger partial charge is 0.344 e. The molecule has 5 unspecified atom stereocenters. The largest absolute Gasteiger partial charge is 0.481 e. The lowest BCUT2D eigenvalue weighted by Gasteiger charge is -2.43. The molecule has 0 spiro atoms. The van der Waals surface area contributed by atoms with Gasteiger partial charge in [0.25, 0.3) is 0 Å². The monoisotopic (exact) mass is 517 g/mol. The Kier molecular flexibility index (Phi) is 6.42. The van der Waals surface area contributed by atoms with Crippen molar-refractivity contribution in [3.05, 3.63) is 83.9 Å². The molecular formula is C30H29O6S+. The Balaban J connectivity index is 1.18. The van der Waals surface area contributed by atoms with E-state index < -0.39 is 18.2 Å². The van der Waals surface area contributed by atoms with E-state index in [1.54, 1.807) is 0 Å². The minimum Gasteiger partial charge on any atom is -0.481 e. The third-order valence-electron chi connectivity index (χ3n) is 7.40. The maximum absolute atomic E-state index is 12.7. The average molecular weight is 518 g/mol. The van der Waals surface area contributed by atoms with Gasteiger partial charge in [-0.15, -0.1) is 0 Å². The molecule has 3 aromatic carbocycles. The molecule has 7 rings (SSSR count). The molecule has 7 heteroatoms. The summed E-state index contributed by atoms with van der Waals surface area (Å²) in [6, 6.07) is 25.2. The van der Waals surface area contributed by atoms with E-state index in [9.17, 15) is 9.59 Å². The van der Waals surface area contributed by atoms with Gasteiger partial charge in [-0.25, -0.2) is 4.79 Å². The summed E-state index contributed by atoms with van der Waals surface area (Å²) in [7, 11) is -0.269. The maximum Gasteiger partial charge on any atom is 0.344 e. The molecular weight excluding hydrogens is 488 g/mol. The van der Waals surface area contributed by atoms with Crippen molar-refractivity contribution < 1.29 is 28.5 Å². The zero-order valence-electron chi connectivity index (χ0n) is 20.8. The SMILES string of the molecule is Cc1cc([S+](c2ccccc2)c2ccccc2)cc(C)c1OCC(=O)OC1C2CC3C(=O)OC1C3CO2. The highest BCUT2D eigenvalue weighted by molar-refractivity contribution is 7.97. The molecule has 3 heterocycles. The van der Waals surface area contributed by atoms with Gasteiger partial charge in [-0.05, 0) is 55.7 Å². The molecule has 190 valence electrons. The van der Waals surface area contributed by atoms with Crippen LogP contribution in [0.1, 0.15) is 17.5 Å². The lowest BCUT2D eigenvalue weighted by Crippen LogP contribution is -2.56. The van der Waals surface area contributed by atoms with E-state index in [0.29, 0.717) is 18.8 Å². The second kappa shape index (κ2) is 9.88. The predicted octanol–water partition coefficient (Wildman–Crippen LogP) is 4.65. The highest BCUT2D eigenvalue weighted by Crippen LogP contribution is 2.46. The topological polar surface area (TPSA) is 71.1 Å². The number of esters is 2. The first-order valence-corrected chi connectivity index (χ1v) is 13.8. The summed E-state index contributed by atoms with van der Waals surface area (Å²) in [5, 5.41) is 0. The number of ether oxygens (including phenoxy) is 4. The van der Waals surface area contributed by atoms with Gasteiger partial charge in [-0.2, -0.15) is 0 Å². The molecule has 0 radical (unpaired) electrons. The molecule has 3 saturated heterocycles. The van der Waals surface area contributed by atoms with Gasteiger partial charge in [-0.1, -0.05) is 36.4 Å². The number of hydrogen-bond acceptors (Lipinski definition) is 6. The molecule has 4 bridgehead atoms. The van der Waals surface area contributed by atoms with E-state index in [1.807, 2.05) is 26.0 Å². The number of carbonyl (C=O) groups excluding carboxylic acids is 2. The van der Waals surface area contributed by atoms with Gasteiger partial charge in [0, 0.05) is 18.1 Å². The summed E-state index contributed by atoms with van der Waals surface area (Å²) in [5.41, 5.74) is 1.92. The number of carbonyl (C=O) groups is 2. The van der Waals surface area contributed by atoms with Crippen LogP contribution < -0.4 is 4.74 Å². The van der Waals surface area contributed by atoms with Crippen molar-refractivity contribution in [2.75, 3.05) is 13.2 Å². The van der Waals surface area contributed by atoms with Crippen molar-refractivity contribution >= 4 is 22.8 Å². The van der Waals surface area contributed by atoms with Crippen LogP contribution >= 0.6 is 0 Å². The van der Waals surface area contributed by atoms with Crippen LogP contribution in [0.5, 0.6) is 5.75 Å². The number of fused-ring (bicyclic) bond motifs is 1. The lowest BCUT2D eigenvalue weighted by molar-refractivity contribution is -0.206. The van der Waals surface area contributed by atoms with Crippen LogP contribution in [0.3, 0.4) is 0 Å². The van der Waals surface area contributed by atoms with Crippen LogP contribution in [0, 0.1) is 25.7 Å². The van der Waals surface area contributed by atoms with Gasteiger partial charge >= 0.3 is 11.9 Å². The number of aryl methyl sites for hydroxylation is 2. The Bertz CT molecular complexity index is 1250. The quantitative estimate of drug-likeness (QED) is 0.336. The Morgan fingerprint density at radius 2 is 1.57 bits per heavy atom. The Labute approximate surface area is 219 Å². The highest BCUT2D eigenvalue weighted by atomic mass is 32.2. The summed E-state index contributed by atoms with van der Waals surface area (Å²) in [6.45, 7) is 4.26. The summed E-state index contributed by atoms with van der Waals surface area (Å²) in [6.07, 6.45) is -0.734. The standard InChI is InChI=1S/C30H29O6S/c1-18-13-22(37(20-9-5-3-6-10-20)21-11-7-4-8-12-21)14-19(2)27(18)34-17-26(31)35-29-25-15-23-24(16-33-25)28(29)36-30(23)32/h3-14,23-25,28-29H,15-17H2,1-2H3/q+1. The van der Waals surface area contributed by atoms with Crippen LogP contribution in [0.2, 0.25) is 0 Å². The first-order valence-electron chi connectivity index (χ1n) is 12.6. The molecule has 5 atom stereocenters. The number of rotatable bonds is 7. The van der Waals surface area contributed by atoms with E-state index >= 15 is 0 Å². The van der Waals surface area contributed by atoms with E-state index in [-0.39, 0.29) is 41.4 Å². The molecule has 4 fully saturated rings. The van der Waals surface area contributed by atoms with Crippen LogP contribution in [0.15, 0.2) is 87.5 Å². The molecule has 3 aliphatic heterocycles. The molecule has 0 amide bonds. The van der Waals surface area contributed by atoms with Gasteiger partial charge in [0.1, 0.15) is 11.9 Å². The molecule has 6 nitrogen and oxygen atoms in total. The number of hydrogen-bond donors (Lipinski definition) is 0. The van der Waals surface area contributed by atoms with Gasteiger partial charge in [0.2, 0.25) is 0 Å². The van der Waals surface area contributed by atoms with Crippen LogP contribution in [0.4, 0.5) is 0 Å². The lowest BCUT2D eigenvalue weighted by atomic mass is 9.74. The first kappa shape index (κ1) is 24.1. The van der Waals surface area contributed by atoms with E-state index in [2.05, 4.69) is 60.7 Å². The molecule has 4 aliphatic rings. The summed E-state index contributed by atoms with van der Waals surface area (Å²) in [4.78, 5) is 28.5. The van der Waals surface area contributed by atoms with Crippen molar-refractivity contribution in [3.63, 3.8) is 0 Å². The van der Waals surface area contributed by atoms with E-state index in [1.165, 1.54) is 14.7 Å². The highest BCUT2D eigenvalue weighted by Gasteiger charge is 2.60. The Morgan fingerprint density at radius 1 is 0.946 bits per heavy atom. The van der Waals surface area contributed by atoms with E-state index in [4.69, 9.17) is 18.9 Å². The fourth-order valence-electron chi connectivity index (χ4n) is 5.74. The van der Waals surface area contributed by atoms with Gasteiger partial charge in [0.05, 0.1) is 29.5 Å². The molecule has 3 aromatic rings. The summed E-state index contributed by atoms with van der Waals surface area (Å²) >= 11 is 0. The Hall–Kier alpha value is -3.29.